The van der Waals surface area contributed by atoms with Crippen molar-refractivity contribution in [1.82, 2.24) is 9.88 Å². The normalized spacial score (nSPS) is 18.0. The number of hydrogen-bond acceptors (Lipinski definition) is 4. The molecule has 0 bridgehead atoms. The van der Waals surface area contributed by atoms with Crippen LogP contribution in [0.2, 0.25) is 0 Å². The van der Waals surface area contributed by atoms with E-state index in [-0.39, 0.29) is 12.1 Å². The molecule has 1 aromatic carbocycles. The Balaban J connectivity index is 1.63. The summed E-state index contributed by atoms with van der Waals surface area (Å²) in [4.78, 5) is 18.5. The van der Waals surface area contributed by atoms with Gasteiger partial charge in [-0.2, -0.15) is 0 Å². The molecule has 1 saturated heterocycles. The van der Waals surface area contributed by atoms with Crippen LogP contribution in [0.3, 0.4) is 0 Å². The second-order valence-corrected chi connectivity index (χ2v) is 7.14. The van der Waals surface area contributed by atoms with Gasteiger partial charge in [0.15, 0.2) is 0 Å². The van der Waals surface area contributed by atoms with Crippen molar-refractivity contribution < 1.29 is 14.3 Å². The lowest BCUT2D eigenvalue weighted by Gasteiger charge is -2.28. The number of hydrogen-bond donors (Lipinski definition) is 0. The number of ether oxygens (including phenoxy) is 2. The molecule has 1 aliphatic heterocycles. The van der Waals surface area contributed by atoms with Gasteiger partial charge in [-0.25, -0.2) is 4.79 Å². The molecule has 3 rings (SSSR count). The smallest absolute Gasteiger partial charge is 0.410 e. The molecule has 1 aromatic heterocycles. The summed E-state index contributed by atoms with van der Waals surface area (Å²) >= 11 is 0. The van der Waals surface area contributed by atoms with Gasteiger partial charge < -0.3 is 14.4 Å². The maximum absolute atomic E-state index is 12.3. The van der Waals surface area contributed by atoms with E-state index in [9.17, 15) is 4.79 Å². The van der Waals surface area contributed by atoms with Crippen LogP contribution in [0.4, 0.5) is 4.79 Å². The molecule has 0 saturated carbocycles. The molecule has 5 heteroatoms. The van der Waals surface area contributed by atoms with Gasteiger partial charge in [0.25, 0.3) is 0 Å². The van der Waals surface area contributed by atoms with Crippen LogP contribution in [0.25, 0.3) is 10.9 Å². The fourth-order valence-corrected chi connectivity index (χ4v) is 2.89. The van der Waals surface area contributed by atoms with Crippen molar-refractivity contribution in [2.45, 2.75) is 45.3 Å². The average Bonchev–Trinajstić information content (AvgIpc) is 3.00. The highest BCUT2D eigenvalue weighted by atomic mass is 16.6. The highest BCUT2D eigenvalue weighted by Gasteiger charge is 2.32. The molecule has 128 valence electrons. The topological polar surface area (TPSA) is 51.7 Å². The van der Waals surface area contributed by atoms with E-state index in [0.717, 1.165) is 36.0 Å². The van der Waals surface area contributed by atoms with Gasteiger partial charge in [0.1, 0.15) is 18.0 Å². The maximum atomic E-state index is 12.3. The zero-order chi connectivity index (χ0) is 17.2. The molecular weight excluding hydrogens is 304 g/mol. The Bertz CT molecular complexity index is 724. The Morgan fingerprint density at radius 3 is 2.92 bits per heavy atom. The lowest BCUT2D eigenvalue weighted by atomic mass is 10.2. The Kier molecular flexibility index (Phi) is 4.60. The Morgan fingerprint density at radius 2 is 2.12 bits per heavy atom. The first-order valence-electron chi connectivity index (χ1n) is 8.39. The van der Waals surface area contributed by atoms with Crippen molar-refractivity contribution >= 4 is 17.0 Å². The predicted octanol–water partition coefficient (Wildman–Crippen LogP) is 4.01. The molecule has 1 atom stereocenters. The summed E-state index contributed by atoms with van der Waals surface area (Å²) in [6.07, 6.45) is 3.38. The summed E-state index contributed by atoms with van der Waals surface area (Å²) in [6, 6.07) is 9.96. The summed E-state index contributed by atoms with van der Waals surface area (Å²) in [5.74, 6) is 0.727. The number of carbonyl (C=O) groups excluding carboxylic acids is 1. The number of benzene rings is 1. The minimum Gasteiger partial charge on any atom is -0.490 e. The van der Waals surface area contributed by atoms with Crippen LogP contribution in [-0.2, 0) is 4.74 Å². The van der Waals surface area contributed by atoms with Gasteiger partial charge in [-0.15, -0.1) is 0 Å². The summed E-state index contributed by atoms with van der Waals surface area (Å²) in [7, 11) is 0. The lowest BCUT2D eigenvalue weighted by molar-refractivity contribution is 0.0187. The first-order chi connectivity index (χ1) is 11.4. The van der Waals surface area contributed by atoms with Crippen molar-refractivity contribution in [1.29, 1.82) is 0 Å². The summed E-state index contributed by atoms with van der Waals surface area (Å²) < 4.78 is 11.4. The molecule has 0 N–H and O–H groups in total. The second kappa shape index (κ2) is 6.67. The van der Waals surface area contributed by atoms with E-state index in [1.807, 2.05) is 51.1 Å². The third-order valence-electron chi connectivity index (χ3n) is 4.01. The van der Waals surface area contributed by atoms with Crippen molar-refractivity contribution in [3.05, 3.63) is 36.5 Å². The van der Waals surface area contributed by atoms with Crippen molar-refractivity contribution in [3.63, 3.8) is 0 Å². The van der Waals surface area contributed by atoms with Gasteiger partial charge in [0.05, 0.1) is 17.8 Å². The quantitative estimate of drug-likeness (QED) is 0.854. The zero-order valence-corrected chi connectivity index (χ0v) is 14.5. The Morgan fingerprint density at radius 1 is 1.33 bits per heavy atom. The molecule has 2 heterocycles. The van der Waals surface area contributed by atoms with Gasteiger partial charge in [-0.1, -0.05) is 18.2 Å². The van der Waals surface area contributed by atoms with Crippen LogP contribution in [0.15, 0.2) is 36.5 Å². The second-order valence-electron chi connectivity index (χ2n) is 7.14. The molecule has 0 spiro atoms. The van der Waals surface area contributed by atoms with Gasteiger partial charge in [0.2, 0.25) is 0 Å². The minimum atomic E-state index is -0.479. The van der Waals surface area contributed by atoms with Gasteiger partial charge >= 0.3 is 6.09 Å². The van der Waals surface area contributed by atoms with E-state index in [2.05, 4.69) is 4.98 Å². The van der Waals surface area contributed by atoms with Gasteiger partial charge in [-0.05, 0) is 45.7 Å². The van der Waals surface area contributed by atoms with Gasteiger partial charge in [-0.3, -0.25) is 4.98 Å². The fourth-order valence-electron chi connectivity index (χ4n) is 2.89. The van der Waals surface area contributed by atoms with E-state index in [1.165, 1.54) is 0 Å². The molecule has 0 radical (unpaired) electrons. The van der Waals surface area contributed by atoms with Crippen LogP contribution < -0.4 is 4.74 Å². The first-order valence-corrected chi connectivity index (χ1v) is 8.39. The number of para-hydroxylation sites is 1. The molecule has 24 heavy (non-hydrogen) atoms. The van der Waals surface area contributed by atoms with Crippen molar-refractivity contribution in [2.24, 2.45) is 0 Å². The molecule has 1 aliphatic rings. The van der Waals surface area contributed by atoms with Gasteiger partial charge in [0, 0.05) is 11.9 Å². The number of likely N-dealkylation sites (tertiary alicyclic amines) is 1. The van der Waals surface area contributed by atoms with E-state index in [1.54, 1.807) is 11.1 Å². The van der Waals surface area contributed by atoms with Crippen LogP contribution in [0.1, 0.15) is 33.6 Å². The Hall–Kier alpha value is -2.30. The SMILES string of the molecule is CC(C)(C)OC(=O)N1CCCC1COc1cnc2ccccc2c1. The van der Waals surface area contributed by atoms with E-state index >= 15 is 0 Å². The number of pyridine rings is 1. The minimum absolute atomic E-state index is 0.0475. The maximum Gasteiger partial charge on any atom is 0.410 e. The number of carbonyl (C=O) groups is 1. The number of amides is 1. The zero-order valence-electron chi connectivity index (χ0n) is 14.5. The standard InChI is InChI=1S/C19H24N2O3/c1-19(2,3)24-18(22)21-10-6-8-15(21)13-23-16-11-14-7-4-5-9-17(14)20-12-16/h4-5,7,9,11-12,15H,6,8,10,13H2,1-3H3. The van der Waals surface area contributed by atoms with Crippen LogP contribution in [-0.4, -0.2) is 40.8 Å². The summed E-state index contributed by atoms with van der Waals surface area (Å²) in [5.41, 5.74) is 0.467. The third kappa shape index (κ3) is 3.96. The lowest BCUT2D eigenvalue weighted by Crippen LogP contribution is -2.42. The molecule has 1 unspecified atom stereocenters. The first kappa shape index (κ1) is 16.6. The molecule has 5 nitrogen and oxygen atoms in total. The largest absolute Gasteiger partial charge is 0.490 e. The average molecular weight is 328 g/mol. The molecule has 1 fully saturated rings. The van der Waals surface area contributed by atoms with E-state index in [0.29, 0.717) is 6.61 Å². The highest BCUT2D eigenvalue weighted by molar-refractivity contribution is 5.79. The monoisotopic (exact) mass is 328 g/mol. The number of aromatic nitrogens is 1. The number of rotatable bonds is 3. The molecule has 0 aliphatic carbocycles. The van der Waals surface area contributed by atoms with Crippen LogP contribution >= 0.6 is 0 Å². The number of nitrogens with zero attached hydrogens (tertiary/aromatic N) is 2. The van der Waals surface area contributed by atoms with E-state index in [4.69, 9.17) is 9.47 Å². The van der Waals surface area contributed by atoms with Crippen LogP contribution in [0, 0.1) is 0 Å². The van der Waals surface area contributed by atoms with Crippen molar-refractivity contribution in [2.75, 3.05) is 13.2 Å². The molecular formula is C19H24N2O3. The predicted molar refractivity (Wildman–Crippen MR) is 93.2 cm³/mol. The third-order valence-corrected chi connectivity index (χ3v) is 4.01. The molecule has 1 amide bonds. The van der Waals surface area contributed by atoms with Crippen molar-refractivity contribution in [3.8, 4) is 5.75 Å². The molecule has 2 aromatic rings. The highest BCUT2D eigenvalue weighted by Crippen LogP contribution is 2.23. The van der Waals surface area contributed by atoms with Crippen LogP contribution in [0.5, 0.6) is 5.75 Å². The fraction of sp³-hybridized carbons (Fsp3) is 0.474. The summed E-state index contributed by atoms with van der Waals surface area (Å²) in [6.45, 7) is 6.83. The number of fused-ring (bicyclic) bond motifs is 1. The summed E-state index contributed by atoms with van der Waals surface area (Å²) in [5, 5.41) is 1.05. The Labute approximate surface area is 142 Å². The van der Waals surface area contributed by atoms with E-state index < -0.39 is 5.60 Å².